The normalized spacial score (nSPS) is 24.7. The molecule has 19 heteroatoms. The SMILES string of the molecule is CCCCC/C=C\C/C=C\C/C=C\C/C=C\C/C=C\CCC(=O)OC[C@H](COP(=O)(O)O[C@H]1C(O)C(O)C(O)[C@@H](OP(=O)(O)O)C1O)OC(=O)CCC/C=C\C/C=C\CC1OC1C/C=C\CCCCC. The van der Waals surface area contributed by atoms with Gasteiger partial charge in [0.2, 0.25) is 0 Å². The van der Waals surface area contributed by atoms with Crippen molar-refractivity contribution in [2.24, 2.45) is 0 Å². The zero-order valence-electron chi connectivity index (χ0n) is 41.1. The van der Waals surface area contributed by atoms with Gasteiger partial charge in [0.05, 0.1) is 18.8 Å². The predicted molar refractivity (Wildman–Crippen MR) is 268 cm³/mol. The second kappa shape index (κ2) is 37.6. The smallest absolute Gasteiger partial charge is 0.462 e. The Morgan fingerprint density at radius 3 is 1.47 bits per heavy atom. The van der Waals surface area contributed by atoms with Crippen LogP contribution in [0.15, 0.2) is 97.2 Å². The van der Waals surface area contributed by atoms with Crippen LogP contribution in [0.1, 0.15) is 142 Å². The largest absolute Gasteiger partial charge is 0.472 e. The Hall–Kier alpha value is -3.12. The number of epoxide rings is 1. The van der Waals surface area contributed by atoms with Crippen molar-refractivity contribution >= 4 is 27.6 Å². The Bertz CT molecular complexity index is 1790. The number of hydrogen-bond acceptors (Lipinski definition) is 14. The lowest BCUT2D eigenvalue weighted by molar-refractivity contribution is -0.216. The van der Waals surface area contributed by atoms with E-state index >= 15 is 0 Å². The van der Waals surface area contributed by atoms with E-state index in [0.717, 1.165) is 44.9 Å². The van der Waals surface area contributed by atoms with Crippen LogP contribution in [0.2, 0.25) is 0 Å². The summed E-state index contributed by atoms with van der Waals surface area (Å²) in [6.45, 7) is 2.93. The zero-order chi connectivity index (χ0) is 51.5. The van der Waals surface area contributed by atoms with Crippen LogP contribution in [0.4, 0.5) is 0 Å². The number of phosphoric ester groups is 2. The minimum Gasteiger partial charge on any atom is -0.462 e. The van der Waals surface area contributed by atoms with Crippen molar-refractivity contribution in [1.29, 1.82) is 0 Å². The molecule has 2 aliphatic rings. The van der Waals surface area contributed by atoms with Gasteiger partial charge in [-0.1, -0.05) is 137 Å². The van der Waals surface area contributed by atoms with E-state index in [1.165, 1.54) is 38.5 Å². The van der Waals surface area contributed by atoms with E-state index < -0.39 is 83.5 Å². The molecule has 0 radical (unpaired) electrons. The first-order valence-corrected chi connectivity index (χ1v) is 27.9. The van der Waals surface area contributed by atoms with Gasteiger partial charge in [0, 0.05) is 12.8 Å². The van der Waals surface area contributed by atoms with E-state index in [1.807, 2.05) is 36.5 Å². The number of rotatable bonds is 39. The lowest BCUT2D eigenvalue weighted by Crippen LogP contribution is -2.64. The second-order valence-corrected chi connectivity index (χ2v) is 19.8. The summed E-state index contributed by atoms with van der Waals surface area (Å²) in [5.41, 5.74) is 0. The van der Waals surface area contributed by atoms with Crippen molar-refractivity contribution in [3.63, 3.8) is 0 Å². The first-order valence-electron chi connectivity index (χ1n) is 24.9. The van der Waals surface area contributed by atoms with Gasteiger partial charge in [-0.05, 0) is 89.9 Å². The molecule has 1 aliphatic carbocycles. The van der Waals surface area contributed by atoms with Crippen LogP contribution >= 0.6 is 15.6 Å². The maximum Gasteiger partial charge on any atom is 0.472 e. The molecule has 1 heterocycles. The van der Waals surface area contributed by atoms with Crippen molar-refractivity contribution in [3.05, 3.63) is 97.2 Å². The predicted octanol–water partition coefficient (Wildman–Crippen LogP) is 8.94. The highest BCUT2D eigenvalue weighted by Gasteiger charge is 2.54. The summed E-state index contributed by atoms with van der Waals surface area (Å²) in [4.78, 5) is 54.3. The minimum atomic E-state index is -5.39. The van der Waals surface area contributed by atoms with Gasteiger partial charge in [-0.2, -0.15) is 0 Å². The summed E-state index contributed by atoms with van der Waals surface area (Å²) in [7, 11) is -10.7. The minimum absolute atomic E-state index is 0.0228. The third-order valence-electron chi connectivity index (χ3n) is 11.0. The molecule has 1 aliphatic heterocycles. The molecule has 398 valence electrons. The number of ether oxygens (including phenoxy) is 3. The lowest BCUT2D eigenvalue weighted by atomic mass is 9.85. The molecule has 7 unspecified atom stereocenters. The summed E-state index contributed by atoms with van der Waals surface area (Å²) in [6, 6.07) is 0. The van der Waals surface area contributed by atoms with Crippen LogP contribution in [-0.2, 0) is 46.5 Å². The number of unbranched alkanes of at least 4 members (excludes halogenated alkanes) is 7. The number of phosphoric acid groups is 2. The topological polar surface area (TPSA) is 269 Å². The fraction of sp³-hybridized carbons (Fsp3) is 0.647. The van der Waals surface area contributed by atoms with Crippen molar-refractivity contribution < 1.29 is 81.6 Å². The Balaban J connectivity index is 1.84. The summed E-state index contributed by atoms with van der Waals surface area (Å²) in [5.74, 6) is -1.38. The Morgan fingerprint density at radius 1 is 0.514 bits per heavy atom. The average Bonchev–Trinajstić information content (AvgIpc) is 4.08. The zero-order valence-corrected chi connectivity index (χ0v) is 42.9. The average molecular weight is 1030 g/mol. The van der Waals surface area contributed by atoms with E-state index in [1.54, 1.807) is 0 Å². The molecule has 2 fully saturated rings. The molecule has 0 aromatic carbocycles. The number of aliphatic hydroxyl groups excluding tert-OH is 4. The van der Waals surface area contributed by atoms with Gasteiger partial charge in [-0.15, -0.1) is 0 Å². The molecule has 0 spiro atoms. The first-order chi connectivity index (χ1) is 33.6. The van der Waals surface area contributed by atoms with Crippen molar-refractivity contribution in [2.45, 2.75) is 197 Å². The Kier molecular flexibility index (Phi) is 33.8. The third-order valence-corrected chi connectivity index (χ3v) is 12.5. The Labute approximate surface area is 415 Å². The van der Waals surface area contributed by atoms with E-state index in [-0.39, 0.29) is 25.0 Å². The number of carbonyl (C=O) groups excluding carboxylic acids is 2. The molecule has 1 saturated heterocycles. The lowest BCUT2D eigenvalue weighted by Gasteiger charge is -2.43. The molecule has 2 rings (SSSR count). The van der Waals surface area contributed by atoms with E-state index in [2.05, 4.69) is 79.1 Å². The fourth-order valence-electron chi connectivity index (χ4n) is 7.04. The number of esters is 2. The molecule has 0 aromatic rings. The van der Waals surface area contributed by atoms with Crippen LogP contribution in [0.25, 0.3) is 0 Å². The standard InChI is InChI=1S/C51H82O17P2/c1-3-5-7-9-11-12-13-14-15-16-17-18-19-20-21-22-25-29-33-37-44(52)63-39-41(40-64-70(61,62)68-51-48(56)46(54)47(55)50(49(51)57)67-69(58,59)60)65-45(53)38-34-30-26-23-24-28-32-36-43-42(66-43)35-31-27-10-8-6-4-2/h11-12,14-15,17-18,20-21,23,25-29,31-32,41-43,46-51,54-57H,3-10,13,16,19,22,24,30,33-40H2,1-2H3,(H,61,62)(H2,58,59,60)/b12-11-,15-14-,18-17-,21-20-,26-23-,29-25-,31-27-,32-28-/t41-,42?,43?,46?,47?,48?,49?,50-,51+/m1/s1. The van der Waals surface area contributed by atoms with Crippen LogP contribution < -0.4 is 0 Å². The molecular weight excluding hydrogens is 946 g/mol. The second-order valence-electron chi connectivity index (χ2n) is 17.2. The van der Waals surface area contributed by atoms with Gasteiger partial charge >= 0.3 is 27.6 Å². The quantitative estimate of drug-likeness (QED) is 0.00995. The van der Waals surface area contributed by atoms with Crippen molar-refractivity contribution in [1.82, 2.24) is 0 Å². The Morgan fingerprint density at radius 2 is 0.957 bits per heavy atom. The highest BCUT2D eigenvalue weighted by Crippen LogP contribution is 2.49. The summed E-state index contributed by atoms with van der Waals surface area (Å²) < 4.78 is 55.0. The molecule has 0 aromatic heterocycles. The van der Waals surface area contributed by atoms with E-state index in [0.29, 0.717) is 32.1 Å². The van der Waals surface area contributed by atoms with Crippen LogP contribution in [0, 0.1) is 0 Å². The van der Waals surface area contributed by atoms with Crippen LogP contribution in [0.3, 0.4) is 0 Å². The van der Waals surface area contributed by atoms with Crippen molar-refractivity contribution in [2.75, 3.05) is 13.2 Å². The van der Waals surface area contributed by atoms with E-state index in [4.69, 9.17) is 23.3 Å². The molecule has 1 saturated carbocycles. The maximum atomic E-state index is 13.0. The monoisotopic (exact) mass is 1030 g/mol. The van der Waals surface area contributed by atoms with Gasteiger partial charge < -0.3 is 49.3 Å². The summed E-state index contributed by atoms with van der Waals surface area (Å²) in [6.07, 6.45) is 35.5. The molecule has 10 atom stereocenters. The van der Waals surface area contributed by atoms with Crippen LogP contribution in [0.5, 0.6) is 0 Å². The van der Waals surface area contributed by atoms with Gasteiger partial charge in [0.25, 0.3) is 0 Å². The van der Waals surface area contributed by atoms with Gasteiger partial charge in [-0.3, -0.25) is 23.2 Å². The van der Waals surface area contributed by atoms with E-state index in [9.17, 15) is 53.8 Å². The van der Waals surface area contributed by atoms with Gasteiger partial charge in [-0.25, -0.2) is 9.13 Å². The molecule has 0 amide bonds. The third kappa shape index (κ3) is 30.7. The fourth-order valence-corrected chi connectivity index (χ4v) is 8.58. The number of carbonyl (C=O) groups is 2. The highest BCUT2D eigenvalue weighted by molar-refractivity contribution is 7.47. The molecule has 17 nitrogen and oxygen atoms in total. The molecular formula is C51H82O17P2. The van der Waals surface area contributed by atoms with Gasteiger partial charge in [0.1, 0.15) is 43.2 Å². The summed E-state index contributed by atoms with van der Waals surface area (Å²) in [5, 5.41) is 41.3. The molecule has 70 heavy (non-hydrogen) atoms. The summed E-state index contributed by atoms with van der Waals surface area (Å²) >= 11 is 0. The van der Waals surface area contributed by atoms with Crippen molar-refractivity contribution in [3.8, 4) is 0 Å². The molecule has 0 bridgehead atoms. The highest BCUT2D eigenvalue weighted by atomic mass is 31.2. The molecule has 7 N–H and O–H groups in total. The van der Waals surface area contributed by atoms with Crippen LogP contribution in [-0.4, -0.2) is 115 Å². The van der Waals surface area contributed by atoms with Gasteiger partial charge in [0.15, 0.2) is 6.10 Å². The maximum absolute atomic E-state index is 13.0. The number of hydrogen-bond donors (Lipinski definition) is 7. The number of allylic oxidation sites excluding steroid dienone is 14. The number of aliphatic hydroxyl groups is 4. The first kappa shape index (κ1) is 63.0.